The van der Waals surface area contributed by atoms with E-state index in [4.69, 9.17) is 16.1 Å². The van der Waals surface area contributed by atoms with Gasteiger partial charge in [-0.05, 0) is 63.8 Å². The number of benzene rings is 1. The number of piperidine rings is 1. The molecule has 1 aromatic heterocycles. The molecule has 0 spiro atoms. The Morgan fingerprint density at radius 3 is 2.59 bits per heavy atom. The van der Waals surface area contributed by atoms with Crippen molar-refractivity contribution in [3.63, 3.8) is 0 Å². The van der Waals surface area contributed by atoms with Crippen LogP contribution in [-0.4, -0.2) is 34.6 Å². The normalized spacial score (nSPS) is 36.8. The summed E-state index contributed by atoms with van der Waals surface area (Å²) >= 11 is 6.40. The molecule has 0 radical (unpaired) electrons. The lowest BCUT2D eigenvalue weighted by Gasteiger charge is -2.46. The molecule has 3 nitrogen and oxygen atoms in total. The van der Waals surface area contributed by atoms with Gasteiger partial charge in [-0.1, -0.05) is 35.5 Å². The smallest absolute Gasteiger partial charge is 0.142 e. The summed E-state index contributed by atoms with van der Waals surface area (Å²) in [5.41, 5.74) is 2.11. The van der Waals surface area contributed by atoms with Gasteiger partial charge < -0.3 is 4.52 Å². The quantitative estimate of drug-likeness (QED) is 0.635. The second kappa shape index (κ2) is 7.25. The molecule has 27 heavy (non-hydrogen) atoms. The fraction of sp³-hybridized carbons (Fsp3) is 0.609. The van der Waals surface area contributed by atoms with Gasteiger partial charge in [0, 0.05) is 35.0 Å². The molecule has 3 heterocycles. The maximum atomic E-state index is 6.40. The van der Waals surface area contributed by atoms with E-state index >= 15 is 0 Å². The first-order valence-corrected chi connectivity index (χ1v) is 11.0. The number of hydrogen-bond donors (Lipinski definition) is 0. The van der Waals surface area contributed by atoms with Crippen molar-refractivity contribution >= 4 is 11.6 Å². The summed E-state index contributed by atoms with van der Waals surface area (Å²) in [6.07, 6.45) is 8.82. The van der Waals surface area contributed by atoms with E-state index in [1.54, 1.807) is 0 Å². The van der Waals surface area contributed by atoms with E-state index in [2.05, 4.69) is 47.4 Å². The van der Waals surface area contributed by atoms with Gasteiger partial charge in [0.2, 0.25) is 0 Å². The van der Waals surface area contributed by atoms with Crippen LogP contribution in [0.4, 0.5) is 0 Å². The van der Waals surface area contributed by atoms with E-state index in [-0.39, 0.29) is 0 Å². The second-order valence-corrected chi connectivity index (χ2v) is 9.50. The van der Waals surface area contributed by atoms with Gasteiger partial charge in [0.15, 0.2) is 0 Å². The summed E-state index contributed by atoms with van der Waals surface area (Å²) in [6.45, 7) is 0. The zero-order chi connectivity index (χ0) is 18.4. The molecule has 144 valence electrons. The Morgan fingerprint density at radius 2 is 1.81 bits per heavy atom. The van der Waals surface area contributed by atoms with Crippen LogP contribution in [0.25, 0.3) is 11.3 Å². The highest BCUT2D eigenvalue weighted by molar-refractivity contribution is 6.20. The molecule has 0 amide bonds. The van der Waals surface area contributed by atoms with Crippen LogP contribution in [0.2, 0.25) is 0 Å². The topological polar surface area (TPSA) is 29.3 Å². The summed E-state index contributed by atoms with van der Waals surface area (Å²) in [4.78, 5) is 2.62. The van der Waals surface area contributed by atoms with Crippen molar-refractivity contribution in [2.24, 2.45) is 11.8 Å². The molecular weight excluding hydrogens is 356 g/mol. The Balaban J connectivity index is 1.46. The highest BCUT2D eigenvalue weighted by Gasteiger charge is 2.50. The van der Waals surface area contributed by atoms with Crippen molar-refractivity contribution in [2.45, 2.75) is 68.3 Å². The van der Waals surface area contributed by atoms with Crippen molar-refractivity contribution in [2.75, 3.05) is 7.05 Å². The van der Waals surface area contributed by atoms with E-state index in [0.717, 1.165) is 29.0 Å². The second-order valence-electron chi connectivity index (χ2n) is 8.88. The fourth-order valence-corrected chi connectivity index (χ4v) is 6.34. The third kappa shape index (κ3) is 3.23. The highest BCUT2D eigenvalue weighted by atomic mass is 35.5. The molecule has 2 bridgehead atoms. The summed E-state index contributed by atoms with van der Waals surface area (Å²) in [7, 11) is 2.32. The number of alkyl halides is 1. The number of rotatable bonds is 3. The molecule has 1 aromatic carbocycles. The third-order valence-electron chi connectivity index (χ3n) is 7.55. The van der Waals surface area contributed by atoms with Crippen LogP contribution in [0.15, 0.2) is 40.9 Å². The number of fused-ring (bicyclic) bond motifs is 2. The van der Waals surface area contributed by atoms with E-state index in [1.165, 1.54) is 44.9 Å². The van der Waals surface area contributed by atoms with Crippen LogP contribution in [0.3, 0.4) is 0 Å². The molecule has 5 rings (SSSR count). The minimum Gasteiger partial charge on any atom is -0.360 e. The molecule has 2 saturated heterocycles. The van der Waals surface area contributed by atoms with Gasteiger partial charge in [0.25, 0.3) is 0 Å². The molecule has 4 atom stereocenters. The number of nitrogens with zero attached hydrogens (tertiary/aromatic N) is 2. The molecule has 3 aliphatic rings. The lowest BCUT2D eigenvalue weighted by Crippen LogP contribution is -2.47. The van der Waals surface area contributed by atoms with Crippen LogP contribution in [0.5, 0.6) is 0 Å². The zero-order valence-electron chi connectivity index (χ0n) is 16.1. The van der Waals surface area contributed by atoms with Crippen molar-refractivity contribution < 1.29 is 4.52 Å². The molecule has 2 aliphatic heterocycles. The van der Waals surface area contributed by atoms with Crippen molar-refractivity contribution in [1.29, 1.82) is 0 Å². The lowest BCUT2D eigenvalue weighted by atomic mass is 9.67. The van der Waals surface area contributed by atoms with Gasteiger partial charge in [0.05, 0.1) is 0 Å². The third-order valence-corrected chi connectivity index (χ3v) is 7.98. The average molecular weight is 385 g/mol. The summed E-state index contributed by atoms with van der Waals surface area (Å²) < 4.78 is 6.00. The first-order valence-electron chi connectivity index (χ1n) is 10.6. The molecule has 2 aromatic rings. The molecule has 2 unspecified atom stereocenters. The molecular formula is C23H29ClN2O. The maximum Gasteiger partial charge on any atom is 0.142 e. The van der Waals surface area contributed by atoms with E-state index in [1.807, 2.05) is 6.07 Å². The van der Waals surface area contributed by atoms with E-state index in [0.29, 0.717) is 23.3 Å². The first-order chi connectivity index (χ1) is 13.2. The molecule has 1 saturated carbocycles. The van der Waals surface area contributed by atoms with Crippen molar-refractivity contribution in [3.05, 3.63) is 42.2 Å². The summed E-state index contributed by atoms with van der Waals surface area (Å²) in [5, 5.41) is 4.83. The molecule has 3 fully saturated rings. The predicted molar refractivity (Wildman–Crippen MR) is 109 cm³/mol. The van der Waals surface area contributed by atoms with E-state index < -0.39 is 0 Å². The number of halogens is 1. The lowest BCUT2D eigenvalue weighted by molar-refractivity contribution is 0.0519. The van der Waals surface area contributed by atoms with Gasteiger partial charge in [-0.25, -0.2) is 0 Å². The average Bonchev–Trinajstić information content (AvgIpc) is 3.26. The SMILES string of the molecule is CN1C2CC[C@@H]1C[C@H](C1CCC(Cl)CC1)C2c1cc(-c2ccccc2)no1. The highest BCUT2D eigenvalue weighted by Crippen LogP contribution is 2.52. The predicted octanol–water partition coefficient (Wildman–Crippen LogP) is 5.71. The zero-order valence-corrected chi connectivity index (χ0v) is 16.8. The van der Waals surface area contributed by atoms with Crippen LogP contribution >= 0.6 is 11.6 Å². The number of likely N-dealkylation sites (N-methyl/N-ethyl adjacent to an activating group) is 1. The molecule has 4 heteroatoms. The van der Waals surface area contributed by atoms with Crippen molar-refractivity contribution in [3.8, 4) is 11.3 Å². The van der Waals surface area contributed by atoms with Gasteiger partial charge in [-0.15, -0.1) is 11.6 Å². The first kappa shape index (κ1) is 17.8. The van der Waals surface area contributed by atoms with Gasteiger partial charge in [-0.3, -0.25) is 4.90 Å². The molecule has 1 aliphatic carbocycles. The van der Waals surface area contributed by atoms with Gasteiger partial charge >= 0.3 is 0 Å². The van der Waals surface area contributed by atoms with Crippen LogP contribution in [-0.2, 0) is 0 Å². The van der Waals surface area contributed by atoms with Crippen molar-refractivity contribution in [1.82, 2.24) is 10.1 Å². The Hall–Kier alpha value is -1.32. The standard InChI is InChI=1S/C23H29ClN2O/c1-26-18-11-12-21(26)23(19(13-18)15-7-9-17(24)10-8-15)22-14-20(25-27-22)16-5-3-2-4-6-16/h2-6,14-15,17-19,21,23H,7-13H2,1H3/t15?,17?,18-,19-,21?,23?/m1/s1. The van der Waals surface area contributed by atoms with Gasteiger partial charge in [-0.2, -0.15) is 0 Å². The van der Waals surface area contributed by atoms with Gasteiger partial charge in [0.1, 0.15) is 11.5 Å². The van der Waals surface area contributed by atoms with E-state index in [9.17, 15) is 0 Å². The summed E-state index contributed by atoms with van der Waals surface area (Å²) in [6, 6.07) is 14.0. The number of hydrogen-bond acceptors (Lipinski definition) is 3. The fourth-order valence-electron chi connectivity index (χ4n) is 6.09. The Kier molecular flexibility index (Phi) is 4.77. The van der Waals surface area contributed by atoms with Crippen LogP contribution in [0, 0.1) is 11.8 Å². The monoisotopic (exact) mass is 384 g/mol. The maximum absolute atomic E-state index is 6.40. The Bertz CT molecular complexity index is 768. The Labute approximate surface area is 167 Å². The minimum atomic E-state index is 0.387. The Morgan fingerprint density at radius 1 is 1.04 bits per heavy atom. The van der Waals surface area contributed by atoms with Crippen LogP contribution in [0.1, 0.15) is 56.6 Å². The minimum absolute atomic E-state index is 0.387. The molecule has 0 N–H and O–H groups in total. The van der Waals surface area contributed by atoms with Crippen LogP contribution < -0.4 is 0 Å². The summed E-state index contributed by atoms with van der Waals surface area (Å²) in [5.74, 6) is 3.06. The number of aromatic nitrogens is 1. The largest absolute Gasteiger partial charge is 0.360 e.